The molecule has 0 radical (unpaired) electrons. The summed E-state index contributed by atoms with van der Waals surface area (Å²) >= 11 is 0. The van der Waals surface area contributed by atoms with Gasteiger partial charge in [0.1, 0.15) is 9.84 Å². The summed E-state index contributed by atoms with van der Waals surface area (Å²) in [6, 6.07) is 14.8. The van der Waals surface area contributed by atoms with Crippen molar-refractivity contribution < 1.29 is 13.2 Å². The van der Waals surface area contributed by atoms with Gasteiger partial charge in [0, 0.05) is 12.8 Å². The van der Waals surface area contributed by atoms with Gasteiger partial charge in [-0.1, -0.05) is 36.4 Å². The minimum atomic E-state index is -2.98. The molecule has 1 atom stereocenters. The number of benzene rings is 2. The molecule has 0 spiro atoms. The highest BCUT2D eigenvalue weighted by molar-refractivity contribution is 7.90. The molecule has 0 aliphatic heterocycles. The lowest BCUT2D eigenvalue weighted by molar-refractivity contribution is 0.157. The van der Waals surface area contributed by atoms with E-state index in [-0.39, 0.29) is 18.4 Å². The maximum absolute atomic E-state index is 11.1. The van der Waals surface area contributed by atoms with E-state index in [0.717, 1.165) is 6.54 Å². The van der Waals surface area contributed by atoms with Gasteiger partial charge in [-0.3, -0.25) is 4.99 Å². The Kier molecular flexibility index (Phi) is 8.06. The van der Waals surface area contributed by atoms with Crippen LogP contribution in [0.25, 0.3) is 10.8 Å². The molecule has 27 heavy (non-hydrogen) atoms. The van der Waals surface area contributed by atoms with Gasteiger partial charge in [-0.05, 0) is 36.2 Å². The van der Waals surface area contributed by atoms with Crippen LogP contribution in [0.1, 0.15) is 25.5 Å². The molecule has 0 aliphatic carbocycles. The normalized spacial score (nSPS) is 13.5. The fourth-order valence-corrected chi connectivity index (χ4v) is 3.04. The number of sulfone groups is 1. The van der Waals surface area contributed by atoms with Gasteiger partial charge in [0.15, 0.2) is 5.96 Å². The summed E-state index contributed by atoms with van der Waals surface area (Å²) in [5, 5.41) is 9.06. The number of nitrogens with zero attached hydrogens (tertiary/aromatic N) is 1. The molecule has 6 nitrogen and oxygen atoms in total. The first kappa shape index (κ1) is 21.2. The zero-order valence-electron chi connectivity index (χ0n) is 16.2. The summed E-state index contributed by atoms with van der Waals surface area (Å²) in [7, 11) is -2.98. The van der Waals surface area contributed by atoms with Crippen molar-refractivity contribution in [3.63, 3.8) is 0 Å². The van der Waals surface area contributed by atoms with E-state index < -0.39 is 9.84 Å². The van der Waals surface area contributed by atoms with Gasteiger partial charge >= 0.3 is 0 Å². The second-order valence-electron chi connectivity index (χ2n) is 6.48. The van der Waals surface area contributed by atoms with Crippen molar-refractivity contribution in [2.45, 2.75) is 19.9 Å². The monoisotopic (exact) mass is 391 g/mol. The molecular formula is C20H29N3O3S. The molecule has 0 saturated heterocycles. The maximum atomic E-state index is 11.1. The molecular weight excluding hydrogens is 362 g/mol. The molecule has 0 saturated carbocycles. The van der Waals surface area contributed by atoms with Gasteiger partial charge < -0.3 is 15.4 Å². The average Bonchev–Trinajstić information content (AvgIpc) is 2.63. The van der Waals surface area contributed by atoms with Crippen LogP contribution in [0, 0.1) is 0 Å². The van der Waals surface area contributed by atoms with Gasteiger partial charge in [0.2, 0.25) is 0 Å². The Morgan fingerprint density at radius 3 is 2.59 bits per heavy atom. The van der Waals surface area contributed by atoms with Crippen molar-refractivity contribution in [3.8, 4) is 0 Å². The van der Waals surface area contributed by atoms with Crippen LogP contribution in [0.4, 0.5) is 0 Å². The lowest BCUT2D eigenvalue weighted by Crippen LogP contribution is -2.39. The summed E-state index contributed by atoms with van der Waals surface area (Å²) in [6.07, 6.45) is 1.20. The van der Waals surface area contributed by atoms with Crippen molar-refractivity contribution in [3.05, 3.63) is 48.0 Å². The van der Waals surface area contributed by atoms with Crippen LogP contribution in [-0.2, 0) is 14.6 Å². The Bertz CT molecular complexity index is 866. The molecule has 0 fully saturated rings. The van der Waals surface area contributed by atoms with E-state index in [1.807, 2.05) is 19.1 Å². The lowest BCUT2D eigenvalue weighted by Gasteiger charge is -2.18. The van der Waals surface area contributed by atoms with Crippen LogP contribution >= 0.6 is 0 Å². The highest BCUT2D eigenvalue weighted by atomic mass is 32.2. The summed E-state index contributed by atoms with van der Waals surface area (Å²) in [5.41, 5.74) is 1.18. The zero-order chi connectivity index (χ0) is 19.7. The maximum Gasteiger partial charge on any atom is 0.191 e. The Hall–Kier alpha value is -2.12. The van der Waals surface area contributed by atoms with Crippen molar-refractivity contribution in [1.82, 2.24) is 10.6 Å². The second kappa shape index (κ2) is 10.3. The van der Waals surface area contributed by atoms with E-state index in [0.29, 0.717) is 19.1 Å². The fraction of sp³-hybridized carbons (Fsp3) is 0.450. The van der Waals surface area contributed by atoms with Gasteiger partial charge in [-0.25, -0.2) is 8.42 Å². The number of ether oxygens (including phenoxy) is 1. The van der Waals surface area contributed by atoms with Gasteiger partial charge in [-0.15, -0.1) is 0 Å². The van der Waals surface area contributed by atoms with Crippen molar-refractivity contribution in [2.75, 3.05) is 38.3 Å². The van der Waals surface area contributed by atoms with E-state index >= 15 is 0 Å². The molecule has 2 aromatic carbocycles. The SMILES string of the molecule is CCNC(=NCCOCCS(C)(=O)=O)NC(C)c1ccc2ccccc2c1. The van der Waals surface area contributed by atoms with Crippen LogP contribution in [0.15, 0.2) is 47.5 Å². The average molecular weight is 392 g/mol. The number of hydrogen-bond donors (Lipinski definition) is 2. The summed E-state index contributed by atoms with van der Waals surface area (Å²) < 4.78 is 27.5. The minimum Gasteiger partial charge on any atom is -0.378 e. The van der Waals surface area contributed by atoms with Gasteiger partial charge in [-0.2, -0.15) is 0 Å². The first-order chi connectivity index (χ1) is 12.9. The van der Waals surface area contributed by atoms with Crippen LogP contribution in [0.5, 0.6) is 0 Å². The van der Waals surface area contributed by atoms with Crippen LogP contribution < -0.4 is 10.6 Å². The van der Waals surface area contributed by atoms with Crippen LogP contribution in [-0.4, -0.2) is 52.7 Å². The molecule has 0 heterocycles. The van der Waals surface area contributed by atoms with E-state index in [1.54, 1.807) is 0 Å². The lowest BCUT2D eigenvalue weighted by atomic mass is 10.0. The second-order valence-corrected chi connectivity index (χ2v) is 8.74. The number of nitrogens with one attached hydrogen (secondary N) is 2. The Morgan fingerprint density at radius 2 is 1.89 bits per heavy atom. The summed E-state index contributed by atoms with van der Waals surface area (Å²) in [5.74, 6) is 0.749. The third-order valence-electron chi connectivity index (χ3n) is 4.07. The summed E-state index contributed by atoms with van der Waals surface area (Å²) in [6.45, 7) is 5.91. The molecule has 0 aliphatic rings. The van der Waals surface area contributed by atoms with E-state index in [2.05, 4.69) is 52.9 Å². The van der Waals surface area contributed by atoms with Crippen LogP contribution in [0.2, 0.25) is 0 Å². The topological polar surface area (TPSA) is 79.8 Å². The minimum absolute atomic E-state index is 0.0357. The number of aliphatic imine (C=N–C) groups is 1. The predicted molar refractivity (Wildman–Crippen MR) is 112 cm³/mol. The zero-order valence-corrected chi connectivity index (χ0v) is 17.1. The van der Waals surface area contributed by atoms with Crippen LogP contribution in [0.3, 0.4) is 0 Å². The molecule has 2 rings (SSSR count). The largest absolute Gasteiger partial charge is 0.378 e. The van der Waals surface area contributed by atoms with Gasteiger partial charge in [0.25, 0.3) is 0 Å². The number of guanidine groups is 1. The molecule has 7 heteroatoms. The van der Waals surface area contributed by atoms with E-state index in [1.165, 1.54) is 22.6 Å². The third kappa shape index (κ3) is 7.56. The number of fused-ring (bicyclic) bond motifs is 1. The smallest absolute Gasteiger partial charge is 0.191 e. The third-order valence-corrected chi connectivity index (χ3v) is 4.98. The first-order valence-corrected chi connectivity index (χ1v) is 11.2. The van der Waals surface area contributed by atoms with E-state index in [4.69, 9.17) is 4.74 Å². The standard InChI is InChI=1S/C20H29N3O3S/c1-4-21-20(22-11-12-26-13-14-27(3,24)25)23-16(2)18-10-9-17-7-5-6-8-19(17)15-18/h5-10,15-16H,4,11-14H2,1-3H3,(H2,21,22,23). The highest BCUT2D eigenvalue weighted by Gasteiger charge is 2.08. The Labute approximate surface area is 161 Å². The fourth-order valence-electron chi connectivity index (χ4n) is 2.62. The molecule has 0 amide bonds. The molecule has 2 N–H and O–H groups in total. The van der Waals surface area contributed by atoms with Crippen molar-refractivity contribution >= 4 is 26.6 Å². The molecule has 148 valence electrons. The Morgan fingerprint density at radius 1 is 1.15 bits per heavy atom. The quantitative estimate of drug-likeness (QED) is 0.390. The predicted octanol–water partition coefficient (Wildman–Crippen LogP) is 2.52. The molecule has 0 bridgehead atoms. The summed E-state index contributed by atoms with van der Waals surface area (Å²) in [4.78, 5) is 4.50. The molecule has 2 aromatic rings. The number of hydrogen-bond acceptors (Lipinski definition) is 4. The Balaban J connectivity index is 1.91. The van der Waals surface area contributed by atoms with Gasteiger partial charge in [0.05, 0.1) is 31.6 Å². The number of rotatable bonds is 9. The molecule has 0 aromatic heterocycles. The first-order valence-electron chi connectivity index (χ1n) is 9.18. The van der Waals surface area contributed by atoms with Crippen molar-refractivity contribution in [2.24, 2.45) is 4.99 Å². The molecule has 1 unspecified atom stereocenters. The van der Waals surface area contributed by atoms with Crippen molar-refractivity contribution in [1.29, 1.82) is 0 Å². The highest BCUT2D eigenvalue weighted by Crippen LogP contribution is 2.20. The van der Waals surface area contributed by atoms with E-state index in [9.17, 15) is 8.42 Å².